The van der Waals surface area contributed by atoms with Crippen LogP contribution in [0.15, 0.2) is 42.5 Å². The van der Waals surface area contributed by atoms with E-state index in [0.29, 0.717) is 11.5 Å². The van der Waals surface area contributed by atoms with Gasteiger partial charge < -0.3 is 10.8 Å². The molecule has 1 unspecified atom stereocenters. The fraction of sp³-hybridized carbons (Fsp3) is 0.133. The molecule has 5 heteroatoms. The van der Waals surface area contributed by atoms with Crippen LogP contribution in [0.3, 0.4) is 0 Å². The molecule has 0 saturated heterocycles. The van der Waals surface area contributed by atoms with Crippen molar-refractivity contribution in [2.45, 2.75) is 13.0 Å². The summed E-state index contributed by atoms with van der Waals surface area (Å²) >= 11 is 2.29. The number of rotatable bonds is 2. The van der Waals surface area contributed by atoms with Gasteiger partial charge in [-0.25, -0.2) is 4.98 Å². The van der Waals surface area contributed by atoms with E-state index in [1.807, 2.05) is 47.0 Å². The largest absolute Gasteiger partial charge is 0.399 e. The molecule has 102 valence electrons. The maximum absolute atomic E-state index is 10.0. The van der Waals surface area contributed by atoms with Crippen molar-refractivity contribution in [1.29, 1.82) is 0 Å². The number of nitrogen functional groups attached to an aromatic ring is 1. The molecule has 3 aromatic rings. The number of benzene rings is 2. The summed E-state index contributed by atoms with van der Waals surface area (Å²) in [6.45, 7) is 1.72. The summed E-state index contributed by atoms with van der Waals surface area (Å²) in [5.74, 6) is 0.620. The van der Waals surface area contributed by atoms with Gasteiger partial charge in [0.15, 0.2) is 0 Å². The van der Waals surface area contributed by atoms with Crippen LogP contribution in [0, 0.1) is 3.57 Å². The third-order valence-corrected chi connectivity index (χ3v) is 4.08. The van der Waals surface area contributed by atoms with E-state index in [4.69, 9.17) is 5.73 Å². The van der Waals surface area contributed by atoms with E-state index in [2.05, 4.69) is 27.6 Å². The number of para-hydroxylation sites is 1. The Kier molecular flexibility index (Phi) is 3.39. The average Bonchev–Trinajstić information content (AvgIpc) is 2.78. The molecule has 3 rings (SSSR count). The highest BCUT2D eigenvalue weighted by Gasteiger charge is 2.17. The highest BCUT2D eigenvalue weighted by atomic mass is 127. The summed E-state index contributed by atoms with van der Waals surface area (Å²) < 4.78 is 3.09. The van der Waals surface area contributed by atoms with Gasteiger partial charge in [0.1, 0.15) is 11.9 Å². The summed E-state index contributed by atoms with van der Waals surface area (Å²) in [4.78, 5) is 4.52. The lowest BCUT2D eigenvalue weighted by Gasteiger charge is -2.12. The van der Waals surface area contributed by atoms with Gasteiger partial charge in [-0.3, -0.25) is 4.57 Å². The van der Waals surface area contributed by atoms with Crippen molar-refractivity contribution in [3.8, 4) is 5.69 Å². The first-order chi connectivity index (χ1) is 9.58. The van der Waals surface area contributed by atoms with Crippen LogP contribution in [0.25, 0.3) is 16.7 Å². The van der Waals surface area contributed by atoms with E-state index < -0.39 is 6.10 Å². The number of nitrogens with zero attached hydrogens (tertiary/aromatic N) is 2. The monoisotopic (exact) mass is 379 g/mol. The Morgan fingerprint density at radius 2 is 2.00 bits per heavy atom. The van der Waals surface area contributed by atoms with Crippen molar-refractivity contribution in [3.05, 3.63) is 51.9 Å². The second kappa shape index (κ2) is 5.06. The van der Waals surface area contributed by atoms with Gasteiger partial charge in [0.05, 0.1) is 16.7 Å². The Morgan fingerprint density at radius 3 is 2.70 bits per heavy atom. The fourth-order valence-electron chi connectivity index (χ4n) is 2.28. The van der Waals surface area contributed by atoms with Crippen molar-refractivity contribution >= 4 is 39.3 Å². The predicted octanol–water partition coefficient (Wildman–Crippen LogP) is 3.27. The Morgan fingerprint density at radius 1 is 1.25 bits per heavy atom. The lowest BCUT2D eigenvalue weighted by molar-refractivity contribution is 0.187. The van der Waals surface area contributed by atoms with Crippen LogP contribution in [0.5, 0.6) is 0 Å². The predicted molar refractivity (Wildman–Crippen MR) is 88.8 cm³/mol. The number of imidazole rings is 1. The number of nitrogens with two attached hydrogens (primary N) is 1. The van der Waals surface area contributed by atoms with E-state index in [1.54, 1.807) is 6.92 Å². The molecule has 0 saturated carbocycles. The molecule has 20 heavy (non-hydrogen) atoms. The van der Waals surface area contributed by atoms with Gasteiger partial charge in [-0.05, 0) is 59.8 Å². The van der Waals surface area contributed by atoms with Crippen LogP contribution in [-0.2, 0) is 0 Å². The molecule has 0 bridgehead atoms. The minimum Gasteiger partial charge on any atom is -0.399 e. The topological polar surface area (TPSA) is 64.1 Å². The first kappa shape index (κ1) is 13.4. The summed E-state index contributed by atoms with van der Waals surface area (Å²) in [7, 11) is 0. The van der Waals surface area contributed by atoms with E-state index in [9.17, 15) is 5.11 Å². The second-order valence-corrected chi connectivity index (χ2v) is 5.84. The van der Waals surface area contributed by atoms with Crippen LogP contribution in [0.4, 0.5) is 5.69 Å². The van der Waals surface area contributed by atoms with Crippen LogP contribution < -0.4 is 5.73 Å². The standard InChI is InChI=1S/C15H14IN3O/c1-9(20)15-18-12-8-10(17)6-7-14(12)19(15)13-5-3-2-4-11(13)16/h2-9,20H,17H2,1H3. The zero-order chi connectivity index (χ0) is 14.3. The smallest absolute Gasteiger partial charge is 0.143 e. The van der Waals surface area contributed by atoms with Crippen molar-refractivity contribution < 1.29 is 5.11 Å². The summed E-state index contributed by atoms with van der Waals surface area (Å²) in [5.41, 5.74) is 9.23. The molecule has 0 spiro atoms. The highest BCUT2D eigenvalue weighted by molar-refractivity contribution is 14.1. The molecule has 4 nitrogen and oxygen atoms in total. The van der Waals surface area contributed by atoms with Crippen molar-refractivity contribution in [3.63, 3.8) is 0 Å². The first-order valence-corrected chi connectivity index (χ1v) is 7.36. The van der Waals surface area contributed by atoms with E-state index in [0.717, 1.165) is 20.3 Å². The first-order valence-electron chi connectivity index (χ1n) is 6.29. The molecule has 0 radical (unpaired) electrons. The molecule has 2 aromatic carbocycles. The number of aliphatic hydroxyl groups is 1. The molecule has 0 aliphatic rings. The van der Waals surface area contributed by atoms with E-state index >= 15 is 0 Å². The normalized spacial score (nSPS) is 12.8. The molecule has 0 aliphatic carbocycles. The number of aliphatic hydroxyl groups excluding tert-OH is 1. The molecule has 1 aromatic heterocycles. The second-order valence-electron chi connectivity index (χ2n) is 4.68. The zero-order valence-corrected chi connectivity index (χ0v) is 13.1. The van der Waals surface area contributed by atoms with Crippen LogP contribution in [0.2, 0.25) is 0 Å². The van der Waals surface area contributed by atoms with Gasteiger partial charge in [0.25, 0.3) is 0 Å². The summed E-state index contributed by atoms with van der Waals surface area (Å²) in [6, 6.07) is 13.6. The maximum atomic E-state index is 10.0. The molecular formula is C15H14IN3O. The molecule has 1 atom stereocenters. The number of halogens is 1. The van der Waals surface area contributed by atoms with Gasteiger partial charge in [0.2, 0.25) is 0 Å². The molecular weight excluding hydrogens is 365 g/mol. The van der Waals surface area contributed by atoms with Crippen molar-refractivity contribution in [2.24, 2.45) is 0 Å². The molecule has 3 N–H and O–H groups in total. The van der Waals surface area contributed by atoms with Gasteiger partial charge >= 0.3 is 0 Å². The van der Waals surface area contributed by atoms with Crippen LogP contribution >= 0.6 is 22.6 Å². The van der Waals surface area contributed by atoms with Gasteiger partial charge in [0, 0.05) is 9.26 Å². The number of hydrogen-bond donors (Lipinski definition) is 2. The van der Waals surface area contributed by atoms with Gasteiger partial charge in [-0.15, -0.1) is 0 Å². The van der Waals surface area contributed by atoms with Gasteiger partial charge in [-0.1, -0.05) is 12.1 Å². The SMILES string of the molecule is CC(O)c1nc2cc(N)ccc2n1-c1ccccc1I. The Bertz CT molecular complexity index is 780. The lowest BCUT2D eigenvalue weighted by Crippen LogP contribution is -2.06. The number of hydrogen-bond acceptors (Lipinski definition) is 3. The van der Waals surface area contributed by atoms with Crippen molar-refractivity contribution in [1.82, 2.24) is 9.55 Å². The highest BCUT2D eigenvalue weighted by Crippen LogP contribution is 2.28. The minimum absolute atomic E-state index is 0.620. The molecule has 1 heterocycles. The summed E-state index contributed by atoms with van der Waals surface area (Å²) in [6.07, 6.45) is -0.653. The average molecular weight is 379 g/mol. The van der Waals surface area contributed by atoms with Crippen molar-refractivity contribution in [2.75, 3.05) is 5.73 Å². The third kappa shape index (κ3) is 2.16. The third-order valence-electron chi connectivity index (χ3n) is 3.17. The molecule has 0 amide bonds. The molecule has 0 fully saturated rings. The lowest BCUT2D eigenvalue weighted by atomic mass is 10.2. The number of fused-ring (bicyclic) bond motifs is 1. The van der Waals surface area contributed by atoms with Crippen LogP contribution in [0.1, 0.15) is 18.9 Å². The van der Waals surface area contributed by atoms with E-state index in [-0.39, 0.29) is 0 Å². The van der Waals surface area contributed by atoms with Gasteiger partial charge in [-0.2, -0.15) is 0 Å². The quantitative estimate of drug-likeness (QED) is 0.531. The molecule has 0 aliphatic heterocycles. The zero-order valence-electron chi connectivity index (χ0n) is 10.9. The Balaban J connectivity index is 2.38. The fourth-order valence-corrected chi connectivity index (χ4v) is 2.91. The Hall–Kier alpha value is -1.60. The minimum atomic E-state index is -0.653. The van der Waals surface area contributed by atoms with Crippen LogP contribution in [-0.4, -0.2) is 14.7 Å². The van der Waals surface area contributed by atoms with E-state index in [1.165, 1.54) is 0 Å². The Labute approximate surface area is 130 Å². The maximum Gasteiger partial charge on any atom is 0.143 e. The number of aromatic nitrogens is 2. The summed E-state index contributed by atoms with van der Waals surface area (Å²) in [5, 5.41) is 10.0. The number of anilines is 1.